The standard InChI is InChI=1S/C24H24FN5O4/c1-34-12-11-28-16-27-22-21(28)23(32)30(24(33)29(22)14-17-7-3-2-4-8-17)15-20(31)26-13-18-9-5-6-10-19(18)25/h2-10,16H,11-15H2,1H3,(H,26,31). The minimum Gasteiger partial charge on any atom is -0.383 e. The topological polar surface area (TPSA) is 100 Å². The lowest BCUT2D eigenvalue weighted by molar-refractivity contribution is -0.121. The number of ether oxygens (including phenoxy) is 1. The summed E-state index contributed by atoms with van der Waals surface area (Å²) in [5.41, 5.74) is 0.301. The fourth-order valence-corrected chi connectivity index (χ4v) is 3.68. The zero-order valence-electron chi connectivity index (χ0n) is 18.6. The van der Waals surface area contributed by atoms with E-state index in [0.29, 0.717) is 18.7 Å². The number of hydrogen-bond donors (Lipinski definition) is 1. The molecule has 34 heavy (non-hydrogen) atoms. The second-order valence-electron chi connectivity index (χ2n) is 7.72. The molecule has 0 radical (unpaired) electrons. The number of amides is 1. The number of halogens is 1. The van der Waals surface area contributed by atoms with Crippen molar-refractivity contribution in [2.45, 2.75) is 26.2 Å². The van der Waals surface area contributed by atoms with Gasteiger partial charge in [-0.25, -0.2) is 18.7 Å². The van der Waals surface area contributed by atoms with Gasteiger partial charge in [-0.05, 0) is 11.6 Å². The molecule has 0 unspecified atom stereocenters. The van der Waals surface area contributed by atoms with Gasteiger partial charge >= 0.3 is 5.69 Å². The number of rotatable bonds is 9. The normalized spacial score (nSPS) is 11.1. The first kappa shape index (κ1) is 23.1. The van der Waals surface area contributed by atoms with Crippen LogP contribution in [0.2, 0.25) is 0 Å². The number of methoxy groups -OCH3 is 1. The molecule has 1 N–H and O–H groups in total. The van der Waals surface area contributed by atoms with Gasteiger partial charge in [-0.15, -0.1) is 0 Å². The zero-order chi connectivity index (χ0) is 24.1. The van der Waals surface area contributed by atoms with Crippen LogP contribution in [0.25, 0.3) is 11.2 Å². The lowest BCUT2D eigenvalue weighted by atomic mass is 10.2. The van der Waals surface area contributed by atoms with E-state index >= 15 is 0 Å². The van der Waals surface area contributed by atoms with Gasteiger partial charge in [-0.1, -0.05) is 48.5 Å². The van der Waals surface area contributed by atoms with E-state index < -0.39 is 29.5 Å². The number of aromatic nitrogens is 4. The highest BCUT2D eigenvalue weighted by molar-refractivity contribution is 5.76. The number of nitrogens with one attached hydrogen (secondary N) is 1. The van der Waals surface area contributed by atoms with E-state index in [4.69, 9.17) is 4.74 Å². The average molecular weight is 465 g/mol. The SMILES string of the molecule is COCCn1cnc2c1c(=O)n(CC(=O)NCc1ccccc1F)c(=O)n2Cc1ccccc1. The summed E-state index contributed by atoms with van der Waals surface area (Å²) in [6.07, 6.45) is 1.48. The summed E-state index contributed by atoms with van der Waals surface area (Å²) in [6.45, 7) is 0.296. The number of carbonyl (C=O) groups is 1. The number of nitrogens with zero attached hydrogens (tertiary/aromatic N) is 4. The van der Waals surface area contributed by atoms with Crippen molar-refractivity contribution in [3.05, 3.63) is 98.7 Å². The molecule has 1 amide bonds. The lowest BCUT2D eigenvalue weighted by Gasteiger charge is -2.13. The number of hydrogen-bond acceptors (Lipinski definition) is 5. The Hall–Kier alpha value is -4.05. The Labute approximate surface area is 194 Å². The van der Waals surface area contributed by atoms with Crippen LogP contribution in [0, 0.1) is 5.82 Å². The quantitative estimate of drug-likeness (QED) is 0.404. The van der Waals surface area contributed by atoms with Gasteiger partial charge in [0.15, 0.2) is 11.2 Å². The molecule has 2 aromatic heterocycles. The fraction of sp³-hybridized carbons (Fsp3) is 0.250. The first-order valence-corrected chi connectivity index (χ1v) is 10.7. The van der Waals surface area contributed by atoms with Crippen LogP contribution in [0.15, 0.2) is 70.5 Å². The predicted molar refractivity (Wildman–Crippen MR) is 124 cm³/mol. The number of carbonyl (C=O) groups excluding carboxylic acids is 1. The second kappa shape index (κ2) is 10.3. The summed E-state index contributed by atoms with van der Waals surface area (Å²) in [5, 5.41) is 2.57. The highest BCUT2D eigenvalue weighted by Crippen LogP contribution is 2.10. The van der Waals surface area contributed by atoms with E-state index in [-0.39, 0.29) is 24.3 Å². The van der Waals surface area contributed by atoms with E-state index in [1.54, 1.807) is 29.9 Å². The van der Waals surface area contributed by atoms with Crippen LogP contribution in [0.3, 0.4) is 0 Å². The molecule has 2 heterocycles. The van der Waals surface area contributed by atoms with Gasteiger partial charge in [0.25, 0.3) is 5.56 Å². The van der Waals surface area contributed by atoms with E-state index in [1.807, 2.05) is 30.3 Å². The molecule has 0 aliphatic heterocycles. The second-order valence-corrected chi connectivity index (χ2v) is 7.72. The first-order valence-electron chi connectivity index (χ1n) is 10.7. The van der Waals surface area contributed by atoms with Crippen molar-refractivity contribution in [2.24, 2.45) is 0 Å². The monoisotopic (exact) mass is 465 g/mol. The molecule has 10 heteroatoms. The predicted octanol–water partition coefficient (Wildman–Crippen LogP) is 1.51. The zero-order valence-corrected chi connectivity index (χ0v) is 18.6. The maximum absolute atomic E-state index is 13.9. The van der Waals surface area contributed by atoms with Crippen LogP contribution >= 0.6 is 0 Å². The molecule has 0 atom stereocenters. The molecule has 0 spiro atoms. The molecule has 9 nitrogen and oxygen atoms in total. The van der Waals surface area contributed by atoms with Crippen molar-refractivity contribution >= 4 is 17.1 Å². The molecular weight excluding hydrogens is 441 g/mol. The summed E-state index contributed by atoms with van der Waals surface area (Å²) in [6, 6.07) is 15.3. The minimum atomic E-state index is -0.653. The highest BCUT2D eigenvalue weighted by atomic mass is 19.1. The largest absolute Gasteiger partial charge is 0.383 e. The Morgan fingerprint density at radius 1 is 1.06 bits per heavy atom. The van der Waals surface area contributed by atoms with Crippen LogP contribution < -0.4 is 16.6 Å². The Balaban J connectivity index is 1.71. The first-order chi connectivity index (χ1) is 16.5. The Morgan fingerprint density at radius 3 is 2.53 bits per heavy atom. The van der Waals surface area contributed by atoms with Crippen molar-refractivity contribution in [3.8, 4) is 0 Å². The molecule has 4 rings (SSSR count). The third-order valence-electron chi connectivity index (χ3n) is 5.44. The Morgan fingerprint density at radius 2 is 1.79 bits per heavy atom. The summed E-state index contributed by atoms with van der Waals surface area (Å²) in [4.78, 5) is 43.5. The molecule has 2 aromatic carbocycles. The highest BCUT2D eigenvalue weighted by Gasteiger charge is 2.20. The average Bonchev–Trinajstić information content (AvgIpc) is 3.27. The van der Waals surface area contributed by atoms with Crippen LogP contribution in [0.1, 0.15) is 11.1 Å². The van der Waals surface area contributed by atoms with E-state index in [1.165, 1.54) is 17.0 Å². The van der Waals surface area contributed by atoms with Crippen LogP contribution in [0.5, 0.6) is 0 Å². The van der Waals surface area contributed by atoms with Crippen molar-refractivity contribution in [3.63, 3.8) is 0 Å². The summed E-state index contributed by atoms with van der Waals surface area (Å²) in [7, 11) is 1.54. The molecule has 0 fully saturated rings. The van der Waals surface area contributed by atoms with E-state index in [2.05, 4.69) is 10.3 Å². The van der Waals surface area contributed by atoms with Crippen LogP contribution in [-0.4, -0.2) is 38.3 Å². The Bertz CT molecular complexity index is 1430. The van der Waals surface area contributed by atoms with Crippen molar-refractivity contribution in [1.29, 1.82) is 0 Å². The van der Waals surface area contributed by atoms with Crippen molar-refractivity contribution in [1.82, 2.24) is 24.0 Å². The minimum absolute atomic E-state index is 0.0630. The maximum atomic E-state index is 13.9. The number of benzene rings is 2. The van der Waals surface area contributed by atoms with Gasteiger partial charge in [0.05, 0.1) is 19.5 Å². The summed E-state index contributed by atoms with van der Waals surface area (Å²) in [5.74, 6) is -1.04. The van der Waals surface area contributed by atoms with E-state index in [9.17, 15) is 18.8 Å². The van der Waals surface area contributed by atoms with Gasteiger partial charge in [-0.2, -0.15) is 0 Å². The van der Waals surface area contributed by atoms with Gasteiger partial charge < -0.3 is 14.6 Å². The third kappa shape index (κ3) is 4.81. The molecule has 0 saturated carbocycles. The molecule has 0 aliphatic carbocycles. The smallest absolute Gasteiger partial charge is 0.333 e. The van der Waals surface area contributed by atoms with Crippen molar-refractivity contribution < 1.29 is 13.9 Å². The van der Waals surface area contributed by atoms with Gasteiger partial charge in [0, 0.05) is 25.8 Å². The van der Waals surface area contributed by atoms with Crippen molar-refractivity contribution in [2.75, 3.05) is 13.7 Å². The molecular formula is C24H24FN5O4. The third-order valence-corrected chi connectivity index (χ3v) is 5.44. The van der Waals surface area contributed by atoms with Gasteiger partial charge in [-0.3, -0.25) is 14.2 Å². The lowest BCUT2D eigenvalue weighted by Crippen LogP contribution is -2.44. The summed E-state index contributed by atoms with van der Waals surface area (Å²) >= 11 is 0. The Kier molecular flexibility index (Phi) is 6.98. The molecule has 0 bridgehead atoms. The maximum Gasteiger partial charge on any atom is 0.333 e. The molecule has 0 aliphatic rings. The number of fused-ring (bicyclic) bond motifs is 1. The molecule has 176 valence electrons. The van der Waals surface area contributed by atoms with Gasteiger partial charge in [0.2, 0.25) is 5.91 Å². The van der Waals surface area contributed by atoms with E-state index in [0.717, 1.165) is 10.1 Å². The summed E-state index contributed by atoms with van der Waals surface area (Å²) < 4.78 is 22.8. The molecule has 4 aromatic rings. The van der Waals surface area contributed by atoms with Crippen LogP contribution in [0.4, 0.5) is 4.39 Å². The number of imidazole rings is 1. The fourth-order valence-electron chi connectivity index (χ4n) is 3.68. The van der Waals surface area contributed by atoms with Crippen LogP contribution in [-0.2, 0) is 35.7 Å². The van der Waals surface area contributed by atoms with Gasteiger partial charge in [0.1, 0.15) is 12.4 Å². The molecule has 0 saturated heterocycles.